The molecule has 1 saturated heterocycles. The lowest BCUT2D eigenvalue weighted by atomic mass is 9.90. The number of hydrogen-bond donors (Lipinski definition) is 1. The molecule has 0 spiro atoms. The van der Waals surface area contributed by atoms with Gasteiger partial charge in [-0.3, -0.25) is 14.8 Å². The predicted octanol–water partition coefficient (Wildman–Crippen LogP) is 5.75. The van der Waals surface area contributed by atoms with Crippen LogP contribution in [0.25, 0.3) is 22.3 Å². The molecule has 5 nitrogen and oxygen atoms in total. The molecule has 3 aromatic rings. The summed E-state index contributed by atoms with van der Waals surface area (Å²) in [5, 5.41) is 10.7. The van der Waals surface area contributed by atoms with E-state index in [1.807, 2.05) is 37.5 Å². The molecule has 2 aromatic heterocycles. The van der Waals surface area contributed by atoms with E-state index in [1.165, 1.54) is 0 Å². The van der Waals surface area contributed by atoms with Crippen LogP contribution >= 0.6 is 11.6 Å². The van der Waals surface area contributed by atoms with Gasteiger partial charge in [-0.15, -0.1) is 0 Å². The number of rotatable bonds is 3. The van der Waals surface area contributed by atoms with E-state index in [4.69, 9.17) is 11.6 Å². The number of carbonyl (C=O) groups is 1. The standard InChI is InChI=1S/C27H30ClN3O2/c1-26(2,3)24-15-18(7-10-30-24)20-13-21(17-29-16-20)22-6-5-19(14-23(22)28)25(32)31-11-8-27(4,33)9-12-31/h5-7,10,13-17,33H,8-9,11-12H2,1-4H3. The normalized spacial score (nSPS) is 16.0. The Labute approximate surface area is 200 Å². The highest BCUT2D eigenvalue weighted by molar-refractivity contribution is 6.33. The van der Waals surface area contributed by atoms with Crippen LogP contribution < -0.4 is 0 Å². The summed E-state index contributed by atoms with van der Waals surface area (Å²) in [4.78, 5) is 23.7. The molecule has 0 unspecified atom stereocenters. The van der Waals surface area contributed by atoms with Gasteiger partial charge >= 0.3 is 0 Å². The molecular formula is C27H30ClN3O2. The van der Waals surface area contributed by atoms with Gasteiger partial charge in [0.15, 0.2) is 0 Å². The van der Waals surface area contributed by atoms with Gasteiger partial charge in [0.05, 0.1) is 5.60 Å². The minimum atomic E-state index is -0.696. The van der Waals surface area contributed by atoms with Crippen LogP contribution in [0.4, 0.5) is 0 Å². The minimum absolute atomic E-state index is 0.0448. The second-order valence-electron chi connectivity index (χ2n) is 10.1. The van der Waals surface area contributed by atoms with Crippen molar-refractivity contribution in [2.24, 2.45) is 0 Å². The van der Waals surface area contributed by atoms with Crippen LogP contribution in [0.3, 0.4) is 0 Å². The van der Waals surface area contributed by atoms with Gasteiger partial charge in [-0.1, -0.05) is 38.4 Å². The van der Waals surface area contributed by atoms with Gasteiger partial charge in [0.2, 0.25) is 0 Å². The van der Waals surface area contributed by atoms with Crippen molar-refractivity contribution in [3.63, 3.8) is 0 Å². The number of aromatic nitrogens is 2. The molecule has 0 atom stereocenters. The third-order valence-electron chi connectivity index (χ3n) is 6.25. The molecule has 0 bridgehead atoms. The molecule has 172 valence electrons. The number of aliphatic hydroxyl groups is 1. The maximum atomic E-state index is 12.9. The zero-order valence-corrected chi connectivity index (χ0v) is 20.4. The second kappa shape index (κ2) is 8.88. The molecule has 1 aliphatic heterocycles. The van der Waals surface area contributed by atoms with Crippen molar-refractivity contribution in [3.05, 3.63) is 71.3 Å². The lowest BCUT2D eigenvalue weighted by Crippen LogP contribution is -2.45. The Morgan fingerprint density at radius 3 is 2.39 bits per heavy atom. The van der Waals surface area contributed by atoms with Crippen molar-refractivity contribution >= 4 is 17.5 Å². The third kappa shape index (κ3) is 5.26. The monoisotopic (exact) mass is 463 g/mol. The molecule has 0 radical (unpaired) electrons. The van der Waals surface area contributed by atoms with E-state index in [9.17, 15) is 9.90 Å². The van der Waals surface area contributed by atoms with Gasteiger partial charge in [0.1, 0.15) is 0 Å². The highest BCUT2D eigenvalue weighted by Gasteiger charge is 2.30. The van der Waals surface area contributed by atoms with Gasteiger partial charge in [0, 0.05) is 70.1 Å². The number of likely N-dealkylation sites (tertiary alicyclic amines) is 1. The zero-order valence-electron chi connectivity index (χ0n) is 19.6. The van der Waals surface area contributed by atoms with Crippen molar-refractivity contribution in [1.82, 2.24) is 14.9 Å². The van der Waals surface area contributed by atoms with Crippen molar-refractivity contribution in [3.8, 4) is 22.3 Å². The maximum Gasteiger partial charge on any atom is 0.253 e. The van der Waals surface area contributed by atoms with Crippen molar-refractivity contribution in [2.45, 2.75) is 51.6 Å². The van der Waals surface area contributed by atoms with Crippen molar-refractivity contribution in [2.75, 3.05) is 13.1 Å². The summed E-state index contributed by atoms with van der Waals surface area (Å²) >= 11 is 6.63. The first-order valence-corrected chi connectivity index (χ1v) is 11.6. The van der Waals surface area contributed by atoms with Gasteiger partial charge < -0.3 is 10.0 Å². The average molecular weight is 464 g/mol. The first kappa shape index (κ1) is 23.4. The molecule has 1 aromatic carbocycles. The summed E-state index contributed by atoms with van der Waals surface area (Å²) in [6.07, 6.45) is 6.60. The number of nitrogens with zero attached hydrogens (tertiary/aromatic N) is 3. The molecule has 0 saturated carbocycles. The summed E-state index contributed by atoms with van der Waals surface area (Å²) in [5.74, 6) is -0.0580. The number of amides is 1. The fourth-order valence-corrected chi connectivity index (χ4v) is 4.31. The summed E-state index contributed by atoms with van der Waals surface area (Å²) < 4.78 is 0. The van der Waals surface area contributed by atoms with E-state index >= 15 is 0 Å². The fourth-order valence-electron chi connectivity index (χ4n) is 4.02. The molecule has 4 rings (SSSR count). The Morgan fingerprint density at radius 2 is 1.73 bits per heavy atom. The Kier molecular flexibility index (Phi) is 6.30. The van der Waals surface area contributed by atoms with Crippen LogP contribution in [-0.2, 0) is 5.41 Å². The molecule has 6 heteroatoms. The number of benzene rings is 1. The van der Waals surface area contributed by atoms with Crippen LogP contribution in [0.2, 0.25) is 5.02 Å². The Balaban J connectivity index is 1.59. The molecule has 1 amide bonds. The lowest BCUT2D eigenvalue weighted by molar-refractivity contribution is -0.00202. The maximum absolute atomic E-state index is 12.9. The zero-order chi connectivity index (χ0) is 23.8. The first-order chi connectivity index (χ1) is 15.5. The number of carbonyl (C=O) groups excluding carboxylic acids is 1. The summed E-state index contributed by atoms with van der Waals surface area (Å²) in [7, 11) is 0. The average Bonchev–Trinajstić information content (AvgIpc) is 2.78. The van der Waals surface area contributed by atoms with Crippen LogP contribution in [0.5, 0.6) is 0 Å². The van der Waals surface area contributed by atoms with Crippen molar-refractivity contribution in [1.29, 1.82) is 0 Å². The quantitative estimate of drug-likeness (QED) is 0.537. The predicted molar refractivity (Wildman–Crippen MR) is 132 cm³/mol. The van der Waals surface area contributed by atoms with Crippen LogP contribution in [-0.4, -0.2) is 44.6 Å². The first-order valence-electron chi connectivity index (χ1n) is 11.3. The second-order valence-corrected chi connectivity index (χ2v) is 10.5. The number of hydrogen-bond acceptors (Lipinski definition) is 4. The summed E-state index contributed by atoms with van der Waals surface area (Å²) in [6.45, 7) is 9.33. The molecule has 1 N–H and O–H groups in total. The van der Waals surface area contributed by atoms with Crippen molar-refractivity contribution < 1.29 is 9.90 Å². The van der Waals surface area contributed by atoms with E-state index in [0.29, 0.717) is 36.5 Å². The summed E-state index contributed by atoms with van der Waals surface area (Å²) in [5.41, 5.74) is 4.58. The Bertz CT molecular complexity index is 1170. The van der Waals surface area contributed by atoms with E-state index in [-0.39, 0.29) is 11.3 Å². The van der Waals surface area contributed by atoms with Gasteiger partial charge in [-0.2, -0.15) is 0 Å². The molecule has 3 heterocycles. The van der Waals surface area contributed by atoms with Crippen LogP contribution in [0.15, 0.2) is 55.0 Å². The molecule has 33 heavy (non-hydrogen) atoms. The SMILES string of the molecule is CC1(O)CCN(C(=O)c2ccc(-c3cncc(-c4ccnc(C(C)(C)C)c4)c3)c(Cl)c2)CC1. The van der Waals surface area contributed by atoms with E-state index < -0.39 is 5.60 Å². The third-order valence-corrected chi connectivity index (χ3v) is 6.57. The number of piperidine rings is 1. The largest absolute Gasteiger partial charge is 0.390 e. The topological polar surface area (TPSA) is 66.3 Å². The highest BCUT2D eigenvalue weighted by Crippen LogP contribution is 2.33. The molecule has 1 aliphatic rings. The van der Waals surface area contributed by atoms with Crippen LogP contribution in [0.1, 0.15) is 56.6 Å². The lowest BCUT2D eigenvalue weighted by Gasteiger charge is -2.35. The highest BCUT2D eigenvalue weighted by atomic mass is 35.5. The smallest absolute Gasteiger partial charge is 0.253 e. The molecule has 0 aliphatic carbocycles. The Morgan fingerprint density at radius 1 is 1.03 bits per heavy atom. The number of halogens is 1. The van der Waals surface area contributed by atoms with Gasteiger partial charge in [-0.05, 0) is 55.7 Å². The number of pyridine rings is 2. The Hall–Kier alpha value is -2.76. The molecule has 1 fully saturated rings. The fraction of sp³-hybridized carbons (Fsp3) is 0.370. The van der Waals surface area contributed by atoms with E-state index in [0.717, 1.165) is 27.9 Å². The van der Waals surface area contributed by atoms with Crippen LogP contribution in [0, 0.1) is 0 Å². The van der Waals surface area contributed by atoms with E-state index in [2.05, 4.69) is 42.9 Å². The van der Waals surface area contributed by atoms with E-state index in [1.54, 1.807) is 17.2 Å². The minimum Gasteiger partial charge on any atom is -0.390 e. The van der Waals surface area contributed by atoms with Gasteiger partial charge in [0.25, 0.3) is 5.91 Å². The molecular weight excluding hydrogens is 434 g/mol. The summed E-state index contributed by atoms with van der Waals surface area (Å²) in [6, 6.07) is 11.6. The van der Waals surface area contributed by atoms with Gasteiger partial charge in [-0.25, -0.2) is 0 Å².